The number of allylic oxidation sites excluding steroid dienone is 5. The minimum Gasteiger partial charge on any atom is -0.289 e. The van der Waals surface area contributed by atoms with Crippen molar-refractivity contribution >= 4 is 23.5 Å². The Kier molecular flexibility index (Phi) is 2.33. The van der Waals surface area contributed by atoms with Gasteiger partial charge in [0.2, 0.25) is 0 Å². The first kappa shape index (κ1) is 11.2. The predicted molar refractivity (Wildman–Crippen MR) is 77.0 cm³/mol. The zero-order valence-corrected chi connectivity index (χ0v) is 11.2. The number of fused-ring (bicyclic) bond motifs is 3. The molecule has 1 saturated carbocycles. The lowest BCUT2D eigenvalue weighted by atomic mass is 9.70. The molecule has 0 heterocycles. The van der Waals surface area contributed by atoms with Crippen LogP contribution in [0.3, 0.4) is 0 Å². The Morgan fingerprint density at radius 3 is 3.00 bits per heavy atom. The highest BCUT2D eigenvalue weighted by atomic mass is 35.5. The molecule has 1 nitrogen and oxygen atoms in total. The lowest BCUT2D eigenvalue weighted by Gasteiger charge is -2.33. The zero-order valence-electron chi connectivity index (χ0n) is 10.4. The summed E-state index contributed by atoms with van der Waals surface area (Å²) in [6.07, 6.45) is 10.2. The van der Waals surface area contributed by atoms with E-state index in [1.807, 2.05) is 30.4 Å². The molecule has 1 aromatic rings. The second-order valence-corrected chi connectivity index (χ2v) is 5.96. The molecule has 0 aliphatic heterocycles. The summed E-state index contributed by atoms with van der Waals surface area (Å²) < 4.78 is 0. The Morgan fingerprint density at radius 2 is 2.11 bits per heavy atom. The molecular weight excluding hydrogens is 256 g/mol. The van der Waals surface area contributed by atoms with Crippen molar-refractivity contribution < 1.29 is 4.79 Å². The van der Waals surface area contributed by atoms with Gasteiger partial charge in [-0.15, -0.1) is 0 Å². The van der Waals surface area contributed by atoms with Gasteiger partial charge in [-0.2, -0.15) is 0 Å². The molecule has 0 radical (unpaired) electrons. The zero-order chi connectivity index (χ0) is 13.0. The highest BCUT2D eigenvalue weighted by Crippen LogP contribution is 2.43. The highest BCUT2D eigenvalue weighted by molar-refractivity contribution is 6.30. The first-order valence-corrected chi connectivity index (χ1v) is 7.03. The van der Waals surface area contributed by atoms with Crippen molar-refractivity contribution in [3.8, 4) is 0 Å². The third-order valence-corrected chi connectivity index (χ3v) is 4.64. The molecule has 0 amide bonds. The van der Waals surface area contributed by atoms with Crippen LogP contribution < -0.4 is 0 Å². The molecule has 2 heteroatoms. The van der Waals surface area contributed by atoms with Crippen LogP contribution in [0.15, 0.2) is 47.6 Å². The number of rotatable bonds is 0. The van der Waals surface area contributed by atoms with Gasteiger partial charge in [-0.05, 0) is 48.1 Å². The Labute approximate surface area is 117 Å². The molecule has 3 aliphatic carbocycles. The maximum Gasteiger partial charge on any atom is 0.185 e. The number of carbonyl (C=O) groups excluding carboxylic acids is 1. The van der Waals surface area contributed by atoms with Gasteiger partial charge in [0.25, 0.3) is 0 Å². The molecule has 0 saturated heterocycles. The SMILES string of the molecule is O=C1C2=CC=CC2CC2Cc3cc(Cl)ccc3C=C12. The maximum atomic E-state index is 12.5. The number of carbonyl (C=O) groups is 1. The van der Waals surface area contributed by atoms with Crippen LogP contribution >= 0.6 is 11.6 Å². The standard InChI is InChI=1S/C17H13ClO/c18-14-5-4-10-9-16-13(7-12(10)8-14)6-11-2-1-3-15(11)17(16)19/h1-5,8-9,11,13H,6-7H2. The fourth-order valence-corrected chi connectivity index (χ4v) is 3.65. The molecule has 0 aromatic heterocycles. The van der Waals surface area contributed by atoms with Crippen LogP contribution in [0.4, 0.5) is 0 Å². The first-order valence-electron chi connectivity index (χ1n) is 6.65. The summed E-state index contributed by atoms with van der Waals surface area (Å²) in [6.45, 7) is 0. The maximum absolute atomic E-state index is 12.5. The van der Waals surface area contributed by atoms with Gasteiger partial charge in [0.1, 0.15) is 0 Å². The summed E-state index contributed by atoms with van der Waals surface area (Å²) in [7, 11) is 0. The molecule has 0 N–H and O–H groups in total. The molecular formula is C17H13ClO. The molecule has 1 aromatic carbocycles. The van der Waals surface area contributed by atoms with E-state index in [2.05, 4.69) is 12.2 Å². The van der Waals surface area contributed by atoms with Crippen LogP contribution in [0.1, 0.15) is 17.5 Å². The van der Waals surface area contributed by atoms with Crippen molar-refractivity contribution in [1.82, 2.24) is 0 Å². The van der Waals surface area contributed by atoms with E-state index in [0.29, 0.717) is 11.8 Å². The lowest BCUT2D eigenvalue weighted by molar-refractivity contribution is -0.113. The monoisotopic (exact) mass is 268 g/mol. The highest BCUT2D eigenvalue weighted by Gasteiger charge is 2.37. The number of halogens is 1. The second-order valence-electron chi connectivity index (χ2n) is 5.52. The van der Waals surface area contributed by atoms with E-state index in [9.17, 15) is 4.79 Å². The molecule has 19 heavy (non-hydrogen) atoms. The summed E-state index contributed by atoms with van der Waals surface area (Å²) >= 11 is 6.06. The molecule has 0 bridgehead atoms. The quantitative estimate of drug-likeness (QED) is 0.696. The molecule has 4 rings (SSSR count). The van der Waals surface area contributed by atoms with Crippen LogP contribution in [-0.2, 0) is 11.2 Å². The van der Waals surface area contributed by atoms with Crippen LogP contribution in [0, 0.1) is 11.8 Å². The topological polar surface area (TPSA) is 17.1 Å². The Morgan fingerprint density at radius 1 is 1.21 bits per heavy atom. The van der Waals surface area contributed by atoms with E-state index in [1.165, 1.54) is 5.56 Å². The van der Waals surface area contributed by atoms with Gasteiger partial charge in [0.15, 0.2) is 5.78 Å². The van der Waals surface area contributed by atoms with Crippen molar-refractivity contribution in [2.45, 2.75) is 12.8 Å². The Balaban J connectivity index is 1.82. The van der Waals surface area contributed by atoms with E-state index in [-0.39, 0.29) is 5.78 Å². The summed E-state index contributed by atoms with van der Waals surface area (Å²) in [4.78, 5) is 12.5. The summed E-state index contributed by atoms with van der Waals surface area (Å²) in [6, 6.07) is 5.94. The van der Waals surface area contributed by atoms with E-state index >= 15 is 0 Å². The summed E-state index contributed by atoms with van der Waals surface area (Å²) in [5.41, 5.74) is 4.37. The van der Waals surface area contributed by atoms with Gasteiger partial charge in [-0.3, -0.25) is 4.79 Å². The van der Waals surface area contributed by atoms with Crippen molar-refractivity contribution in [2.75, 3.05) is 0 Å². The molecule has 2 unspecified atom stereocenters. The minimum atomic E-state index is 0.242. The van der Waals surface area contributed by atoms with E-state index < -0.39 is 0 Å². The number of hydrogen-bond acceptors (Lipinski definition) is 1. The van der Waals surface area contributed by atoms with Crippen molar-refractivity contribution in [1.29, 1.82) is 0 Å². The first-order chi connectivity index (χ1) is 9.22. The number of benzene rings is 1. The molecule has 0 spiro atoms. The van der Waals surface area contributed by atoms with Gasteiger partial charge < -0.3 is 0 Å². The number of hydrogen-bond donors (Lipinski definition) is 0. The molecule has 94 valence electrons. The Hall–Kier alpha value is -1.60. The van der Waals surface area contributed by atoms with Crippen molar-refractivity contribution in [3.63, 3.8) is 0 Å². The fraction of sp³-hybridized carbons (Fsp3) is 0.235. The average molecular weight is 269 g/mol. The van der Waals surface area contributed by atoms with Crippen LogP contribution in [0.2, 0.25) is 5.02 Å². The summed E-state index contributed by atoms with van der Waals surface area (Å²) in [5.74, 6) is 0.922. The van der Waals surface area contributed by atoms with Crippen molar-refractivity contribution in [2.24, 2.45) is 11.8 Å². The largest absolute Gasteiger partial charge is 0.289 e. The van der Waals surface area contributed by atoms with Gasteiger partial charge in [0.05, 0.1) is 0 Å². The van der Waals surface area contributed by atoms with E-state index in [0.717, 1.165) is 34.6 Å². The van der Waals surface area contributed by atoms with Crippen LogP contribution in [-0.4, -0.2) is 5.78 Å². The van der Waals surface area contributed by atoms with E-state index in [1.54, 1.807) is 0 Å². The molecule has 2 atom stereocenters. The van der Waals surface area contributed by atoms with Crippen molar-refractivity contribution in [3.05, 3.63) is 63.7 Å². The van der Waals surface area contributed by atoms with Gasteiger partial charge in [-0.1, -0.05) is 35.9 Å². The molecule has 3 aliphatic rings. The predicted octanol–water partition coefficient (Wildman–Crippen LogP) is 3.98. The van der Waals surface area contributed by atoms with Crippen LogP contribution in [0.5, 0.6) is 0 Å². The normalized spacial score (nSPS) is 27.3. The molecule has 1 fully saturated rings. The number of Topliss-reactive ketones (excluding diaryl/α,β-unsaturated/α-hetero) is 1. The smallest absolute Gasteiger partial charge is 0.185 e. The Bertz CT molecular complexity index is 679. The van der Waals surface area contributed by atoms with Gasteiger partial charge in [0, 0.05) is 22.1 Å². The second kappa shape index (κ2) is 3.94. The number of ketones is 1. The average Bonchev–Trinajstić information content (AvgIpc) is 2.85. The minimum absolute atomic E-state index is 0.242. The lowest BCUT2D eigenvalue weighted by Crippen LogP contribution is -2.29. The third-order valence-electron chi connectivity index (χ3n) is 4.40. The van der Waals surface area contributed by atoms with Gasteiger partial charge >= 0.3 is 0 Å². The summed E-state index contributed by atoms with van der Waals surface area (Å²) in [5, 5.41) is 0.777. The fourth-order valence-electron chi connectivity index (χ4n) is 3.46. The van der Waals surface area contributed by atoms with Crippen LogP contribution in [0.25, 0.3) is 6.08 Å². The van der Waals surface area contributed by atoms with Gasteiger partial charge in [-0.25, -0.2) is 0 Å². The third kappa shape index (κ3) is 1.65. The van der Waals surface area contributed by atoms with E-state index in [4.69, 9.17) is 11.6 Å².